The normalized spacial score (nSPS) is 11.8. The van der Waals surface area contributed by atoms with Crippen molar-refractivity contribution in [2.24, 2.45) is 0 Å². The maximum atomic E-state index is 12.3. The zero-order chi connectivity index (χ0) is 12.6. The molecule has 0 atom stereocenters. The molecule has 0 unspecified atom stereocenters. The van der Waals surface area contributed by atoms with Gasteiger partial charge in [0.1, 0.15) is 10.3 Å². The van der Waals surface area contributed by atoms with Gasteiger partial charge in [0.15, 0.2) is 0 Å². The van der Waals surface area contributed by atoms with Gasteiger partial charge in [-0.15, -0.1) is 0 Å². The molecule has 2 heterocycles. The number of rotatable bonds is 1. The molecule has 0 aliphatic heterocycles. The summed E-state index contributed by atoms with van der Waals surface area (Å²) >= 11 is 3.19. The van der Waals surface area contributed by atoms with Gasteiger partial charge in [0.05, 0.1) is 11.9 Å². The highest BCUT2D eigenvalue weighted by molar-refractivity contribution is 9.10. The smallest absolute Gasteiger partial charge is 0.250 e. The number of aryl methyl sites for hydroxylation is 1. The summed E-state index contributed by atoms with van der Waals surface area (Å²) in [5.41, 5.74) is 0.379. The molecule has 2 aromatic rings. The lowest BCUT2D eigenvalue weighted by molar-refractivity contribution is -0.141. The molecule has 0 saturated heterocycles. The number of alkyl halides is 3. The van der Waals surface area contributed by atoms with Crippen LogP contribution in [0.3, 0.4) is 0 Å². The molecule has 7 heteroatoms. The van der Waals surface area contributed by atoms with Crippen LogP contribution < -0.4 is 0 Å². The molecule has 3 nitrogen and oxygen atoms in total. The molecule has 0 aliphatic carbocycles. The average Bonchev–Trinajstić information content (AvgIpc) is 2.57. The largest absolute Gasteiger partial charge is 0.433 e. The summed E-state index contributed by atoms with van der Waals surface area (Å²) in [6.45, 7) is 1.80. The van der Waals surface area contributed by atoms with Gasteiger partial charge in [0, 0.05) is 5.69 Å². The van der Waals surface area contributed by atoms with Crippen molar-refractivity contribution in [1.82, 2.24) is 14.8 Å². The number of nitrogens with zero attached hydrogens (tertiary/aromatic N) is 3. The molecule has 0 N–H and O–H groups in total. The van der Waals surface area contributed by atoms with Crippen molar-refractivity contribution < 1.29 is 13.2 Å². The second kappa shape index (κ2) is 4.14. The minimum atomic E-state index is -4.42. The molecule has 0 bridgehead atoms. The Bertz CT molecular complexity index is 531. The van der Waals surface area contributed by atoms with E-state index >= 15 is 0 Å². The zero-order valence-corrected chi connectivity index (χ0v) is 10.2. The second-order valence-corrected chi connectivity index (χ2v) is 4.23. The standard InChI is InChI=1S/C10H7BrF3N3/c1-6-4-9(11)16-17(6)7-2-3-8(15-5-7)10(12,13)14/h2-5H,1H3. The molecule has 0 amide bonds. The van der Waals surface area contributed by atoms with Gasteiger partial charge in [0.2, 0.25) is 0 Å². The first kappa shape index (κ1) is 12.1. The van der Waals surface area contributed by atoms with Gasteiger partial charge < -0.3 is 0 Å². The Balaban J connectivity index is 2.39. The summed E-state index contributed by atoms with van der Waals surface area (Å²) in [5.74, 6) is 0. The molecular weight excluding hydrogens is 299 g/mol. The Morgan fingerprint density at radius 1 is 1.29 bits per heavy atom. The highest BCUT2D eigenvalue weighted by Gasteiger charge is 2.32. The van der Waals surface area contributed by atoms with E-state index in [4.69, 9.17) is 0 Å². The lowest BCUT2D eigenvalue weighted by Crippen LogP contribution is -2.08. The first-order valence-corrected chi connectivity index (χ1v) is 5.43. The van der Waals surface area contributed by atoms with Crippen LogP contribution in [-0.2, 0) is 6.18 Å². The minimum absolute atomic E-state index is 0.487. The van der Waals surface area contributed by atoms with Gasteiger partial charge in [-0.05, 0) is 41.1 Å². The van der Waals surface area contributed by atoms with E-state index in [0.717, 1.165) is 18.0 Å². The maximum Gasteiger partial charge on any atom is 0.433 e. The van der Waals surface area contributed by atoms with Gasteiger partial charge in [0.25, 0.3) is 0 Å². The van der Waals surface area contributed by atoms with Crippen LogP contribution in [0, 0.1) is 6.92 Å². The van der Waals surface area contributed by atoms with Gasteiger partial charge in [-0.3, -0.25) is 0 Å². The van der Waals surface area contributed by atoms with E-state index < -0.39 is 11.9 Å². The van der Waals surface area contributed by atoms with E-state index in [1.54, 1.807) is 13.0 Å². The number of aromatic nitrogens is 3. The summed E-state index contributed by atoms with van der Waals surface area (Å²) in [7, 11) is 0. The first-order valence-electron chi connectivity index (χ1n) is 4.64. The van der Waals surface area contributed by atoms with E-state index in [-0.39, 0.29) is 0 Å². The third-order valence-electron chi connectivity index (χ3n) is 2.14. The van der Waals surface area contributed by atoms with Gasteiger partial charge in [-0.2, -0.15) is 18.3 Å². The monoisotopic (exact) mass is 305 g/mol. The molecule has 17 heavy (non-hydrogen) atoms. The Kier molecular flexibility index (Phi) is 2.94. The molecule has 0 fully saturated rings. The SMILES string of the molecule is Cc1cc(Br)nn1-c1ccc(C(F)(F)F)nc1. The van der Waals surface area contributed by atoms with Crippen molar-refractivity contribution in [3.05, 3.63) is 40.4 Å². The minimum Gasteiger partial charge on any atom is -0.250 e. The van der Waals surface area contributed by atoms with E-state index in [1.165, 1.54) is 10.7 Å². The van der Waals surface area contributed by atoms with E-state index in [0.29, 0.717) is 10.3 Å². The molecule has 2 rings (SSSR count). The Morgan fingerprint density at radius 3 is 2.41 bits per heavy atom. The second-order valence-electron chi connectivity index (χ2n) is 3.42. The summed E-state index contributed by atoms with van der Waals surface area (Å²) in [4.78, 5) is 3.38. The van der Waals surface area contributed by atoms with Crippen molar-refractivity contribution in [2.75, 3.05) is 0 Å². The predicted octanol–water partition coefficient (Wildman–Crippen LogP) is 3.36. The van der Waals surface area contributed by atoms with Gasteiger partial charge in [-0.1, -0.05) is 0 Å². The Labute approximate surface area is 103 Å². The molecule has 0 radical (unpaired) electrons. The molecule has 0 saturated carbocycles. The van der Waals surface area contributed by atoms with E-state index in [2.05, 4.69) is 26.0 Å². The quantitative estimate of drug-likeness (QED) is 0.809. The van der Waals surface area contributed by atoms with Crippen molar-refractivity contribution in [3.8, 4) is 5.69 Å². The van der Waals surface area contributed by atoms with Gasteiger partial charge in [-0.25, -0.2) is 9.67 Å². The van der Waals surface area contributed by atoms with Crippen molar-refractivity contribution in [1.29, 1.82) is 0 Å². The highest BCUT2D eigenvalue weighted by atomic mass is 79.9. The number of hydrogen-bond acceptors (Lipinski definition) is 2. The molecule has 0 aromatic carbocycles. The Hall–Kier alpha value is -1.37. The number of halogens is 4. The fourth-order valence-corrected chi connectivity index (χ4v) is 1.87. The van der Waals surface area contributed by atoms with Crippen LogP contribution in [0.25, 0.3) is 5.69 Å². The van der Waals surface area contributed by atoms with Crippen LogP contribution in [0.2, 0.25) is 0 Å². The lowest BCUT2D eigenvalue weighted by Gasteiger charge is -2.07. The highest BCUT2D eigenvalue weighted by Crippen LogP contribution is 2.27. The lowest BCUT2D eigenvalue weighted by atomic mass is 10.3. The Morgan fingerprint density at radius 2 is 2.00 bits per heavy atom. The third-order valence-corrected chi connectivity index (χ3v) is 2.53. The number of pyridine rings is 1. The van der Waals surface area contributed by atoms with Crippen LogP contribution >= 0.6 is 15.9 Å². The third kappa shape index (κ3) is 2.49. The predicted molar refractivity (Wildman–Crippen MR) is 58.8 cm³/mol. The summed E-state index contributed by atoms with van der Waals surface area (Å²) < 4.78 is 39.1. The van der Waals surface area contributed by atoms with Crippen LogP contribution in [0.5, 0.6) is 0 Å². The van der Waals surface area contributed by atoms with Crippen molar-refractivity contribution >= 4 is 15.9 Å². The topological polar surface area (TPSA) is 30.7 Å². The first-order chi connectivity index (χ1) is 7.88. The van der Waals surface area contributed by atoms with Crippen LogP contribution in [-0.4, -0.2) is 14.8 Å². The van der Waals surface area contributed by atoms with Gasteiger partial charge >= 0.3 is 6.18 Å². The van der Waals surface area contributed by atoms with E-state index in [9.17, 15) is 13.2 Å². The molecular formula is C10H7BrF3N3. The average molecular weight is 306 g/mol. The zero-order valence-electron chi connectivity index (χ0n) is 8.66. The van der Waals surface area contributed by atoms with Crippen molar-refractivity contribution in [2.45, 2.75) is 13.1 Å². The maximum absolute atomic E-state index is 12.3. The molecule has 0 aliphatic rings. The molecule has 2 aromatic heterocycles. The summed E-state index contributed by atoms with van der Waals surface area (Å²) in [6.07, 6.45) is -3.27. The number of hydrogen-bond donors (Lipinski definition) is 0. The fourth-order valence-electron chi connectivity index (χ4n) is 1.38. The molecule has 90 valence electrons. The fraction of sp³-hybridized carbons (Fsp3) is 0.200. The summed E-state index contributed by atoms with van der Waals surface area (Å²) in [5, 5.41) is 4.08. The van der Waals surface area contributed by atoms with E-state index in [1.807, 2.05) is 0 Å². The summed E-state index contributed by atoms with van der Waals surface area (Å²) in [6, 6.07) is 4.03. The van der Waals surface area contributed by atoms with Crippen LogP contribution in [0.15, 0.2) is 29.0 Å². The van der Waals surface area contributed by atoms with Crippen LogP contribution in [0.4, 0.5) is 13.2 Å². The molecule has 0 spiro atoms. The van der Waals surface area contributed by atoms with Crippen molar-refractivity contribution in [3.63, 3.8) is 0 Å². The van der Waals surface area contributed by atoms with Crippen LogP contribution in [0.1, 0.15) is 11.4 Å².